The Kier molecular flexibility index (Phi) is 5.69. The number of rotatable bonds is 8. The van der Waals surface area contributed by atoms with Crippen LogP contribution in [0.25, 0.3) is 0 Å². The van der Waals surface area contributed by atoms with E-state index in [2.05, 4.69) is 16.5 Å². The van der Waals surface area contributed by atoms with E-state index in [9.17, 15) is 4.79 Å². The molecule has 0 bridgehead atoms. The lowest BCUT2D eigenvalue weighted by Crippen LogP contribution is -2.30. The Bertz CT molecular complexity index is 815. The molecule has 128 valence electrons. The van der Waals surface area contributed by atoms with E-state index >= 15 is 0 Å². The molecule has 0 N–H and O–H groups in total. The van der Waals surface area contributed by atoms with Gasteiger partial charge < -0.3 is 13.7 Å². The van der Waals surface area contributed by atoms with Crippen molar-refractivity contribution in [3.05, 3.63) is 78.9 Å². The van der Waals surface area contributed by atoms with Crippen molar-refractivity contribution in [3.8, 4) is 0 Å². The second-order valence-electron chi connectivity index (χ2n) is 5.14. The molecule has 6 nitrogen and oxygen atoms in total. The van der Waals surface area contributed by atoms with Crippen molar-refractivity contribution in [2.45, 2.75) is 17.5 Å². The predicted molar refractivity (Wildman–Crippen MR) is 93.9 cm³/mol. The van der Waals surface area contributed by atoms with Crippen LogP contribution in [0.2, 0.25) is 0 Å². The van der Waals surface area contributed by atoms with E-state index in [4.69, 9.17) is 8.83 Å². The number of furan rings is 2. The number of carbonyl (C=O) groups excluding carboxylic acids is 1. The fraction of sp³-hybridized carbons (Fsp3) is 0.167. The predicted octanol–water partition coefficient (Wildman–Crippen LogP) is 3.78. The van der Waals surface area contributed by atoms with Crippen molar-refractivity contribution < 1.29 is 13.6 Å². The summed E-state index contributed by atoms with van der Waals surface area (Å²) in [5, 5.41) is 0.665. The Hall–Kier alpha value is -2.80. The van der Waals surface area contributed by atoms with Gasteiger partial charge in [-0.25, -0.2) is 9.97 Å². The van der Waals surface area contributed by atoms with Crippen molar-refractivity contribution in [2.24, 2.45) is 0 Å². The van der Waals surface area contributed by atoms with Gasteiger partial charge in [0.25, 0.3) is 5.91 Å². The van der Waals surface area contributed by atoms with Crippen molar-refractivity contribution in [1.82, 2.24) is 14.9 Å². The standard InChI is InChI=1S/C18H17N3O3S/c1-2-10-21(12-14-5-3-11-23-14)17(22)16-7-6-15(24-16)13-25-18-19-8-4-9-20-18/h2-9,11H,1,10,12-13H2. The van der Waals surface area contributed by atoms with Crippen LogP contribution in [0.15, 0.2) is 75.6 Å². The van der Waals surface area contributed by atoms with Gasteiger partial charge in [-0.3, -0.25) is 4.79 Å². The number of aromatic nitrogens is 2. The molecule has 0 saturated carbocycles. The third kappa shape index (κ3) is 4.60. The lowest BCUT2D eigenvalue weighted by molar-refractivity contribution is 0.0718. The Morgan fingerprint density at radius 1 is 1.20 bits per heavy atom. The van der Waals surface area contributed by atoms with Crippen LogP contribution in [-0.4, -0.2) is 27.3 Å². The number of amides is 1. The third-order valence-corrected chi connectivity index (χ3v) is 4.22. The summed E-state index contributed by atoms with van der Waals surface area (Å²) in [5.41, 5.74) is 0. The summed E-state index contributed by atoms with van der Waals surface area (Å²) in [6.45, 7) is 4.47. The molecular formula is C18H17N3O3S. The van der Waals surface area contributed by atoms with Crippen LogP contribution in [0.5, 0.6) is 0 Å². The molecular weight excluding hydrogens is 338 g/mol. The van der Waals surface area contributed by atoms with E-state index in [1.165, 1.54) is 11.8 Å². The first-order chi connectivity index (χ1) is 12.3. The number of nitrogens with zero attached hydrogens (tertiary/aromatic N) is 3. The van der Waals surface area contributed by atoms with Crippen molar-refractivity contribution in [1.29, 1.82) is 0 Å². The van der Waals surface area contributed by atoms with Gasteiger partial charge in [0.05, 0.1) is 18.6 Å². The molecule has 7 heteroatoms. The van der Waals surface area contributed by atoms with Crippen LogP contribution >= 0.6 is 11.8 Å². The quantitative estimate of drug-likeness (QED) is 0.348. The summed E-state index contributed by atoms with van der Waals surface area (Å²) in [4.78, 5) is 22.6. The molecule has 3 heterocycles. The van der Waals surface area contributed by atoms with E-state index in [0.717, 1.165) is 0 Å². The average Bonchev–Trinajstić information content (AvgIpc) is 3.32. The molecule has 0 unspecified atom stereocenters. The fourth-order valence-corrected chi connectivity index (χ4v) is 2.88. The second kappa shape index (κ2) is 8.34. The normalized spacial score (nSPS) is 10.6. The van der Waals surface area contributed by atoms with Gasteiger partial charge in [0.1, 0.15) is 11.5 Å². The minimum absolute atomic E-state index is 0.205. The summed E-state index contributed by atoms with van der Waals surface area (Å²) in [6.07, 6.45) is 6.63. The molecule has 0 saturated heterocycles. The van der Waals surface area contributed by atoms with Crippen LogP contribution in [0.3, 0.4) is 0 Å². The second-order valence-corrected chi connectivity index (χ2v) is 6.08. The van der Waals surface area contributed by atoms with Crippen molar-refractivity contribution >= 4 is 17.7 Å². The number of hydrogen-bond acceptors (Lipinski definition) is 6. The first-order valence-corrected chi connectivity index (χ1v) is 8.66. The van der Waals surface area contributed by atoms with E-state index in [1.807, 2.05) is 6.07 Å². The molecule has 3 rings (SSSR count). The highest BCUT2D eigenvalue weighted by atomic mass is 32.2. The van der Waals surface area contributed by atoms with Gasteiger partial charge >= 0.3 is 0 Å². The zero-order chi connectivity index (χ0) is 17.5. The van der Waals surface area contributed by atoms with E-state index < -0.39 is 0 Å². The van der Waals surface area contributed by atoms with Crippen LogP contribution in [0, 0.1) is 0 Å². The van der Waals surface area contributed by atoms with Crippen molar-refractivity contribution in [2.75, 3.05) is 6.54 Å². The molecule has 25 heavy (non-hydrogen) atoms. The maximum atomic E-state index is 12.7. The van der Waals surface area contributed by atoms with E-state index in [0.29, 0.717) is 35.5 Å². The van der Waals surface area contributed by atoms with Crippen LogP contribution in [0.4, 0.5) is 0 Å². The largest absolute Gasteiger partial charge is 0.467 e. The molecule has 0 fully saturated rings. The molecule has 3 aromatic rings. The zero-order valence-corrected chi connectivity index (χ0v) is 14.3. The van der Waals surface area contributed by atoms with Gasteiger partial charge in [-0.05, 0) is 30.3 Å². The Balaban J connectivity index is 1.64. The smallest absolute Gasteiger partial charge is 0.290 e. The van der Waals surface area contributed by atoms with E-state index in [-0.39, 0.29) is 11.7 Å². The lowest BCUT2D eigenvalue weighted by atomic mass is 10.3. The first kappa shape index (κ1) is 17.0. The highest BCUT2D eigenvalue weighted by Gasteiger charge is 2.19. The Morgan fingerprint density at radius 3 is 2.76 bits per heavy atom. The van der Waals surface area contributed by atoms with Crippen LogP contribution in [0.1, 0.15) is 22.1 Å². The highest BCUT2D eigenvalue weighted by Crippen LogP contribution is 2.21. The zero-order valence-electron chi connectivity index (χ0n) is 13.5. The lowest BCUT2D eigenvalue weighted by Gasteiger charge is -2.18. The molecule has 3 aromatic heterocycles. The summed E-state index contributed by atoms with van der Waals surface area (Å²) >= 11 is 1.45. The van der Waals surface area contributed by atoms with Crippen molar-refractivity contribution in [3.63, 3.8) is 0 Å². The van der Waals surface area contributed by atoms with Gasteiger partial charge in [-0.1, -0.05) is 17.8 Å². The maximum absolute atomic E-state index is 12.7. The number of hydrogen-bond donors (Lipinski definition) is 0. The van der Waals surface area contributed by atoms with Gasteiger partial charge in [0, 0.05) is 18.9 Å². The highest BCUT2D eigenvalue weighted by molar-refractivity contribution is 7.98. The summed E-state index contributed by atoms with van der Waals surface area (Å²) in [5.74, 6) is 2.04. The molecule has 0 radical (unpaired) electrons. The number of carbonyl (C=O) groups is 1. The molecule has 0 spiro atoms. The maximum Gasteiger partial charge on any atom is 0.290 e. The third-order valence-electron chi connectivity index (χ3n) is 3.32. The minimum atomic E-state index is -0.205. The van der Waals surface area contributed by atoms with Gasteiger partial charge in [0.15, 0.2) is 10.9 Å². The monoisotopic (exact) mass is 355 g/mol. The Labute approximate surface area is 149 Å². The number of thioether (sulfide) groups is 1. The summed E-state index contributed by atoms with van der Waals surface area (Å²) in [6, 6.07) is 8.86. The van der Waals surface area contributed by atoms with Crippen LogP contribution in [-0.2, 0) is 12.3 Å². The van der Waals surface area contributed by atoms with Gasteiger partial charge in [0.2, 0.25) is 0 Å². The molecule has 0 aliphatic carbocycles. The average molecular weight is 355 g/mol. The molecule has 0 aliphatic rings. The van der Waals surface area contributed by atoms with Crippen LogP contribution < -0.4 is 0 Å². The van der Waals surface area contributed by atoms with Gasteiger partial charge in [-0.2, -0.15) is 0 Å². The molecule has 1 amide bonds. The van der Waals surface area contributed by atoms with Gasteiger partial charge in [-0.15, -0.1) is 6.58 Å². The topological polar surface area (TPSA) is 72.4 Å². The molecule has 0 aliphatic heterocycles. The molecule has 0 aromatic carbocycles. The minimum Gasteiger partial charge on any atom is -0.467 e. The summed E-state index contributed by atoms with van der Waals surface area (Å²) in [7, 11) is 0. The van der Waals surface area contributed by atoms with E-state index in [1.54, 1.807) is 53.9 Å². The SMILES string of the molecule is C=CCN(Cc1ccco1)C(=O)c1ccc(CSc2ncccn2)o1. The molecule has 0 atom stereocenters. The summed E-state index contributed by atoms with van der Waals surface area (Å²) < 4.78 is 11.0. The first-order valence-electron chi connectivity index (χ1n) is 7.67. The fourth-order valence-electron chi connectivity index (χ4n) is 2.19. The Morgan fingerprint density at radius 2 is 2.04 bits per heavy atom.